The van der Waals surface area contributed by atoms with Crippen molar-refractivity contribution in [2.75, 3.05) is 6.54 Å². The summed E-state index contributed by atoms with van der Waals surface area (Å²) >= 11 is 0. The predicted octanol–water partition coefficient (Wildman–Crippen LogP) is 1.37. The first-order valence-corrected chi connectivity index (χ1v) is 7.06. The molecule has 0 aromatic carbocycles. The highest BCUT2D eigenvalue weighted by atomic mass is 32.2. The van der Waals surface area contributed by atoms with Crippen LogP contribution in [0.2, 0.25) is 0 Å². The molecule has 0 spiro atoms. The van der Waals surface area contributed by atoms with Gasteiger partial charge in [0.2, 0.25) is 10.0 Å². The number of nitrogens with zero attached hydrogens (tertiary/aromatic N) is 2. The second kappa shape index (κ2) is 4.27. The van der Waals surface area contributed by atoms with Crippen LogP contribution in [0.25, 0.3) is 0 Å². The monoisotopic (exact) mass is 255 g/mol. The second-order valence-electron chi connectivity index (χ2n) is 4.36. The van der Waals surface area contributed by atoms with E-state index in [0.717, 1.165) is 12.8 Å². The molecular formula is C11H17N3O2S. The van der Waals surface area contributed by atoms with Crippen molar-refractivity contribution in [3.63, 3.8) is 0 Å². The van der Waals surface area contributed by atoms with Crippen molar-refractivity contribution >= 4 is 10.0 Å². The van der Waals surface area contributed by atoms with Crippen molar-refractivity contribution in [1.29, 1.82) is 0 Å². The van der Waals surface area contributed by atoms with Crippen LogP contribution in [0.15, 0.2) is 17.6 Å². The highest BCUT2D eigenvalue weighted by Crippen LogP contribution is 2.33. The Morgan fingerprint density at radius 3 is 2.59 bits per heavy atom. The molecule has 6 heteroatoms. The molecule has 0 radical (unpaired) electrons. The fourth-order valence-corrected chi connectivity index (χ4v) is 3.96. The van der Waals surface area contributed by atoms with Crippen LogP contribution in [-0.2, 0) is 10.0 Å². The minimum atomic E-state index is -3.45. The standard InChI is InChI=1S/C11H17N3O2S/c1-4-7-14(10-5-6-10)17(15,16)11-8(2)12-13-9(11)3/h4,10H,1,5-7H2,2-3H3,(H,12,13). The molecule has 17 heavy (non-hydrogen) atoms. The zero-order valence-corrected chi connectivity index (χ0v) is 10.9. The highest BCUT2D eigenvalue weighted by Gasteiger charge is 2.39. The molecule has 5 nitrogen and oxygen atoms in total. The second-order valence-corrected chi connectivity index (χ2v) is 6.19. The smallest absolute Gasteiger partial charge is 0.247 e. The summed E-state index contributed by atoms with van der Waals surface area (Å²) in [5, 5.41) is 6.67. The number of rotatable bonds is 5. The molecule has 1 aliphatic rings. The number of aromatic amines is 1. The van der Waals surface area contributed by atoms with Crippen LogP contribution in [0.4, 0.5) is 0 Å². The van der Waals surface area contributed by atoms with Gasteiger partial charge in [-0.3, -0.25) is 5.10 Å². The molecule has 94 valence electrons. The van der Waals surface area contributed by atoms with Crippen LogP contribution in [0.1, 0.15) is 24.2 Å². The summed E-state index contributed by atoms with van der Waals surface area (Å²) in [4.78, 5) is 0.311. The Morgan fingerprint density at radius 1 is 1.53 bits per heavy atom. The van der Waals surface area contributed by atoms with Crippen molar-refractivity contribution in [3.05, 3.63) is 24.0 Å². The van der Waals surface area contributed by atoms with E-state index in [9.17, 15) is 8.42 Å². The maximum absolute atomic E-state index is 12.5. The van der Waals surface area contributed by atoms with Crippen LogP contribution in [0.5, 0.6) is 0 Å². The normalized spacial score (nSPS) is 16.4. The molecule has 1 saturated carbocycles. The Bertz CT molecular complexity index is 509. The fraction of sp³-hybridized carbons (Fsp3) is 0.545. The number of aryl methyl sites for hydroxylation is 2. The molecule has 1 aromatic rings. The third kappa shape index (κ3) is 2.14. The lowest BCUT2D eigenvalue weighted by atomic mass is 10.4. The van der Waals surface area contributed by atoms with Gasteiger partial charge in [-0.1, -0.05) is 6.08 Å². The Balaban J connectivity index is 2.44. The maximum atomic E-state index is 12.5. The van der Waals surface area contributed by atoms with E-state index in [-0.39, 0.29) is 6.04 Å². The lowest BCUT2D eigenvalue weighted by Gasteiger charge is -2.20. The van der Waals surface area contributed by atoms with Crippen molar-refractivity contribution in [2.45, 2.75) is 37.6 Å². The largest absolute Gasteiger partial charge is 0.281 e. The lowest BCUT2D eigenvalue weighted by Crippen LogP contribution is -2.33. The quantitative estimate of drug-likeness (QED) is 0.808. The minimum absolute atomic E-state index is 0.131. The van der Waals surface area contributed by atoms with E-state index >= 15 is 0 Å². The number of sulfonamides is 1. The summed E-state index contributed by atoms with van der Waals surface area (Å²) < 4.78 is 26.6. The fourth-order valence-electron chi connectivity index (χ4n) is 1.97. The molecule has 1 fully saturated rings. The van der Waals surface area contributed by atoms with Gasteiger partial charge in [-0.2, -0.15) is 9.40 Å². The third-order valence-electron chi connectivity index (χ3n) is 2.89. The van der Waals surface area contributed by atoms with Crippen molar-refractivity contribution in [1.82, 2.24) is 14.5 Å². The van der Waals surface area contributed by atoms with E-state index < -0.39 is 10.0 Å². The molecule has 0 unspecified atom stereocenters. The van der Waals surface area contributed by atoms with E-state index in [1.165, 1.54) is 4.31 Å². The molecule has 2 rings (SSSR count). The van der Waals surface area contributed by atoms with Crippen LogP contribution in [0.3, 0.4) is 0 Å². The first-order chi connectivity index (χ1) is 7.98. The van der Waals surface area contributed by atoms with Crippen molar-refractivity contribution in [3.8, 4) is 0 Å². The zero-order valence-electron chi connectivity index (χ0n) is 10.1. The lowest BCUT2D eigenvalue weighted by molar-refractivity contribution is 0.435. The van der Waals surface area contributed by atoms with E-state index in [4.69, 9.17) is 0 Å². The Hall–Kier alpha value is -1.14. The van der Waals surface area contributed by atoms with Gasteiger partial charge in [0.1, 0.15) is 4.90 Å². The Labute approximate surface area is 102 Å². The molecular weight excluding hydrogens is 238 g/mol. The van der Waals surface area contributed by atoms with Gasteiger partial charge in [0.05, 0.1) is 11.4 Å². The molecule has 1 aromatic heterocycles. The van der Waals surface area contributed by atoms with Gasteiger partial charge in [0.15, 0.2) is 0 Å². The topological polar surface area (TPSA) is 66.1 Å². The Kier molecular flexibility index (Phi) is 3.09. The maximum Gasteiger partial charge on any atom is 0.247 e. The number of hydrogen-bond donors (Lipinski definition) is 1. The molecule has 1 heterocycles. The molecule has 1 N–H and O–H groups in total. The number of H-pyrrole nitrogens is 1. The SMILES string of the molecule is C=CCN(C1CC1)S(=O)(=O)c1c(C)n[nH]c1C. The summed E-state index contributed by atoms with van der Waals surface area (Å²) in [5.41, 5.74) is 1.12. The van der Waals surface area contributed by atoms with Gasteiger partial charge in [-0.05, 0) is 26.7 Å². The van der Waals surface area contributed by atoms with E-state index in [0.29, 0.717) is 22.8 Å². The zero-order chi connectivity index (χ0) is 12.6. The Morgan fingerprint density at radius 2 is 2.18 bits per heavy atom. The molecule has 0 bridgehead atoms. The summed E-state index contributed by atoms with van der Waals surface area (Å²) in [7, 11) is -3.45. The van der Waals surface area contributed by atoms with E-state index in [2.05, 4.69) is 16.8 Å². The molecule has 0 atom stereocenters. The van der Waals surface area contributed by atoms with E-state index in [1.807, 2.05) is 0 Å². The predicted molar refractivity (Wildman–Crippen MR) is 65.2 cm³/mol. The molecule has 0 saturated heterocycles. The number of hydrogen-bond acceptors (Lipinski definition) is 3. The van der Waals surface area contributed by atoms with E-state index in [1.54, 1.807) is 19.9 Å². The minimum Gasteiger partial charge on any atom is -0.281 e. The summed E-state index contributed by atoms with van der Waals surface area (Å²) in [6.45, 7) is 7.41. The first kappa shape index (κ1) is 12.3. The van der Waals surface area contributed by atoms with Gasteiger partial charge in [0, 0.05) is 12.6 Å². The summed E-state index contributed by atoms with van der Waals surface area (Å²) in [6, 6.07) is 0.131. The van der Waals surface area contributed by atoms with Crippen LogP contribution in [-0.4, -0.2) is 35.5 Å². The summed E-state index contributed by atoms with van der Waals surface area (Å²) in [6.07, 6.45) is 3.49. The van der Waals surface area contributed by atoms with Crippen LogP contribution < -0.4 is 0 Å². The van der Waals surface area contributed by atoms with Crippen molar-refractivity contribution in [2.24, 2.45) is 0 Å². The number of nitrogens with one attached hydrogen (secondary N) is 1. The van der Waals surface area contributed by atoms with Gasteiger partial charge in [0.25, 0.3) is 0 Å². The highest BCUT2D eigenvalue weighted by molar-refractivity contribution is 7.89. The number of aromatic nitrogens is 2. The average molecular weight is 255 g/mol. The first-order valence-electron chi connectivity index (χ1n) is 5.62. The van der Waals surface area contributed by atoms with Gasteiger partial charge in [-0.25, -0.2) is 8.42 Å². The molecule has 0 aliphatic heterocycles. The van der Waals surface area contributed by atoms with Crippen LogP contribution in [0, 0.1) is 13.8 Å². The molecule has 1 aliphatic carbocycles. The van der Waals surface area contributed by atoms with Crippen LogP contribution >= 0.6 is 0 Å². The van der Waals surface area contributed by atoms with Gasteiger partial charge >= 0.3 is 0 Å². The van der Waals surface area contributed by atoms with Gasteiger partial charge in [-0.15, -0.1) is 6.58 Å². The summed E-state index contributed by atoms with van der Waals surface area (Å²) in [5.74, 6) is 0. The molecule has 0 amide bonds. The average Bonchev–Trinajstić information content (AvgIpc) is 3.01. The van der Waals surface area contributed by atoms with Gasteiger partial charge < -0.3 is 0 Å². The third-order valence-corrected chi connectivity index (χ3v) is 5.07. The van der Waals surface area contributed by atoms with Crippen molar-refractivity contribution < 1.29 is 8.42 Å².